The van der Waals surface area contributed by atoms with Crippen LogP contribution in [0.2, 0.25) is 5.02 Å². The minimum absolute atomic E-state index is 0.0634. The van der Waals surface area contributed by atoms with E-state index in [9.17, 15) is 19.7 Å². The highest BCUT2D eigenvalue weighted by molar-refractivity contribution is 6.31. The zero-order chi connectivity index (χ0) is 20.0. The normalized spacial score (nSPS) is 27.5. The second kappa shape index (κ2) is 6.77. The Balaban J connectivity index is 1.67. The summed E-state index contributed by atoms with van der Waals surface area (Å²) < 4.78 is 5.30. The van der Waals surface area contributed by atoms with Crippen LogP contribution in [0.1, 0.15) is 12.0 Å². The molecule has 4 unspecified atom stereocenters. The van der Waals surface area contributed by atoms with Gasteiger partial charge in [-0.15, -0.1) is 6.42 Å². The van der Waals surface area contributed by atoms with Crippen LogP contribution in [0.5, 0.6) is 5.75 Å². The summed E-state index contributed by atoms with van der Waals surface area (Å²) in [6, 6.07) is 2.52. The number of hydrogen-bond donors (Lipinski definition) is 0. The van der Waals surface area contributed by atoms with E-state index in [4.69, 9.17) is 22.8 Å². The summed E-state index contributed by atoms with van der Waals surface area (Å²) in [5, 5.41) is 16.3. The number of benzene rings is 1. The maximum Gasteiger partial charge on any atom is 0.313 e. The summed E-state index contributed by atoms with van der Waals surface area (Å²) in [6.07, 6.45) is 11.1. The first-order chi connectivity index (χ1) is 13.4. The molecule has 142 valence electrons. The van der Waals surface area contributed by atoms with Crippen molar-refractivity contribution >= 4 is 35.3 Å². The van der Waals surface area contributed by atoms with Gasteiger partial charge in [0.05, 0.1) is 23.0 Å². The first kappa shape index (κ1) is 18.2. The van der Waals surface area contributed by atoms with Crippen LogP contribution in [-0.4, -0.2) is 34.6 Å². The highest BCUT2D eigenvalue weighted by atomic mass is 35.5. The lowest BCUT2D eigenvalue weighted by atomic mass is 9.85. The highest BCUT2D eigenvalue weighted by Crippen LogP contribution is 2.52. The number of rotatable bonds is 5. The zero-order valence-corrected chi connectivity index (χ0v) is 15.2. The van der Waals surface area contributed by atoms with Crippen LogP contribution < -0.4 is 4.74 Å². The Morgan fingerprint density at radius 2 is 1.96 bits per heavy atom. The molecule has 2 amide bonds. The molecular weight excluding hydrogens is 386 g/mol. The SMILES string of the molecule is C#CCOc1c(C=NN2C(=O)C3C4C=CC(C4)C3C2=O)cc(Cl)cc1[N+](=O)[O-]. The molecule has 1 saturated heterocycles. The standard InChI is InChI=1S/C19H14ClN3O5/c1-2-5-28-17-12(7-13(20)8-14(17)23(26)27)9-21-22-18(24)15-10-3-4-11(6-10)16(15)19(22)25/h1,3-4,7-11,15-16H,5-6H2. The highest BCUT2D eigenvalue weighted by Gasteiger charge is 2.59. The van der Waals surface area contributed by atoms with E-state index in [-0.39, 0.29) is 64.1 Å². The molecule has 0 aromatic heterocycles. The van der Waals surface area contributed by atoms with Gasteiger partial charge in [0, 0.05) is 16.7 Å². The van der Waals surface area contributed by atoms with Gasteiger partial charge in [0.2, 0.25) is 5.75 Å². The van der Waals surface area contributed by atoms with Crippen LogP contribution in [0.15, 0.2) is 29.4 Å². The van der Waals surface area contributed by atoms with Gasteiger partial charge in [0.25, 0.3) is 11.8 Å². The number of carbonyl (C=O) groups excluding carboxylic acids is 2. The van der Waals surface area contributed by atoms with Gasteiger partial charge in [-0.1, -0.05) is 29.7 Å². The minimum atomic E-state index is -0.658. The van der Waals surface area contributed by atoms with Crippen molar-refractivity contribution in [3.63, 3.8) is 0 Å². The summed E-state index contributed by atoms with van der Waals surface area (Å²) in [6.45, 7) is -0.204. The number of nitro benzene ring substituents is 1. The summed E-state index contributed by atoms with van der Waals surface area (Å²) in [5.41, 5.74) is -0.240. The molecule has 0 N–H and O–H groups in total. The van der Waals surface area contributed by atoms with Gasteiger partial charge >= 0.3 is 5.69 Å². The molecule has 2 bridgehead atoms. The van der Waals surface area contributed by atoms with E-state index in [1.807, 2.05) is 12.2 Å². The number of hydrazone groups is 1. The summed E-state index contributed by atoms with van der Waals surface area (Å²) in [5.74, 6) is 0.751. The van der Waals surface area contributed by atoms with E-state index in [2.05, 4.69) is 11.0 Å². The van der Waals surface area contributed by atoms with Gasteiger partial charge in [-0.05, 0) is 24.3 Å². The third-order valence-corrected chi connectivity index (χ3v) is 5.54. The molecule has 0 radical (unpaired) electrons. The van der Waals surface area contributed by atoms with Gasteiger partial charge < -0.3 is 4.74 Å². The van der Waals surface area contributed by atoms with Crippen molar-refractivity contribution in [3.8, 4) is 18.1 Å². The van der Waals surface area contributed by atoms with Crippen LogP contribution >= 0.6 is 11.6 Å². The van der Waals surface area contributed by atoms with Crippen molar-refractivity contribution in [2.45, 2.75) is 6.42 Å². The molecule has 4 rings (SSSR count). The Labute approximate surface area is 164 Å². The van der Waals surface area contributed by atoms with Crippen LogP contribution in [0.3, 0.4) is 0 Å². The van der Waals surface area contributed by atoms with Gasteiger partial charge in [0.15, 0.2) is 0 Å². The number of carbonyl (C=O) groups is 2. The topological polar surface area (TPSA) is 102 Å². The van der Waals surface area contributed by atoms with Crippen LogP contribution in [-0.2, 0) is 9.59 Å². The van der Waals surface area contributed by atoms with Crippen LogP contribution in [0.4, 0.5) is 5.69 Å². The maximum atomic E-state index is 12.7. The molecule has 1 saturated carbocycles. The van der Waals surface area contributed by atoms with E-state index >= 15 is 0 Å². The van der Waals surface area contributed by atoms with Crippen molar-refractivity contribution < 1.29 is 19.2 Å². The van der Waals surface area contributed by atoms with E-state index in [0.717, 1.165) is 23.7 Å². The van der Waals surface area contributed by atoms with Gasteiger partial charge in [-0.25, -0.2) is 0 Å². The number of nitro groups is 1. The van der Waals surface area contributed by atoms with Gasteiger partial charge in [-0.3, -0.25) is 19.7 Å². The number of amides is 2. The monoisotopic (exact) mass is 399 g/mol. The van der Waals surface area contributed by atoms with Gasteiger partial charge in [0.1, 0.15) is 6.61 Å². The van der Waals surface area contributed by atoms with Crippen LogP contribution in [0.25, 0.3) is 0 Å². The number of fused-ring (bicyclic) bond motifs is 5. The minimum Gasteiger partial charge on any atom is -0.473 e. The van der Waals surface area contributed by atoms with Crippen molar-refractivity contribution in [2.75, 3.05) is 6.61 Å². The lowest BCUT2D eigenvalue weighted by molar-refractivity contribution is -0.385. The number of nitrogens with zero attached hydrogens (tertiary/aromatic N) is 3. The van der Waals surface area contributed by atoms with Crippen molar-refractivity contribution in [2.24, 2.45) is 28.8 Å². The number of allylic oxidation sites excluding steroid dienone is 2. The van der Waals surface area contributed by atoms with E-state index in [1.54, 1.807) is 0 Å². The number of imide groups is 1. The Morgan fingerprint density at radius 1 is 1.32 bits per heavy atom. The number of hydrogen-bond acceptors (Lipinski definition) is 6. The van der Waals surface area contributed by atoms with Crippen molar-refractivity contribution in [1.82, 2.24) is 5.01 Å². The molecule has 1 aliphatic heterocycles. The van der Waals surface area contributed by atoms with Gasteiger partial charge in [-0.2, -0.15) is 10.1 Å². The molecule has 1 aromatic carbocycles. The van der Waals surface area contributed by atoms with Crippen molar-refractivity contribution in [3.05, 3.63) is 45.0 Å². The Hall–Kier alpha value is -3.18. The molecule has 1 heterocycles. The fraction of sp³-hybridized carbons (Fsp3) is 0.316. The Morgan fingerprint density at radius 3 is 2.54 bits per heavy atom. The second-order valence-electron chi connectivity index (χ2n) is 6.83. The third-order valence-electron chi connectivity index (χ3n) is 5.32. The lowest BCUT2D eigenvalue weighted by Gasteiger charge is -2.13. The molecule has 1 aromatic rings. The van der Waals surface area contributed by atoms with E-state index < -0.39 is 4.92 Å². The molecule has 2 aliphatic carbocycles. The fourth-order valence-electron chi connectivity index (χ4n) is 4.22. The summed E-state index contributed by atoms with van der Waals surface area (Å²) in [4.78, 5) is 36.0. The fourth-order valence-corrected chi connectivity index (χ4v) is 4.44. The van der Waals surface area contributed by atoms with Crippen molar-refractivity contribution in [1.29, 1.82) is 0 Å². The molecule has 3 aliphatic rings. The first-order valence-corrected chi connectivity index (χ1v) is 8.94. The molecule has 9 heteroatoms. The number of halogens is 1. The molecule has 2 fully saturated rings. The average Bonchev–Trinajstić information content (AvgIpc) is 3.33. The van der Waals surface area contributed by atoms with E-state index in [1.165, 1.54) is 6.07 Å². The quantitative estimate of drug-likeness (QED) is 0.189. The summed E-state index contributed by atoms with van der Waals surface area (Å²) >= 11 is 5.96. The predicted octanol–water partition coefficient (Wildman–Crippen LogP) is 2.40. The zero-order valence-electron chi connectivity index (χ0n) is 14.4. The van der Waals surface area contributed by atoms with E-state index in [0.29, 0.717) is 0 Å². The largest absolute Gasteiger partial charge is 0.473 e. The predicted molar refractivity (Wildman–Crippen MR) is 99.6 cm³/mol. The second-order valence-corrected chi connectivity index (χ2v) is 7.26. The molecule has 4 atom stereocenters. The maximum absolute atomic E-state index is 12.7. The number of ether oxygens (including phenoxy) is 1. The first-order valence-electron chi connectivity index (χ1n) is 8.56. The number of terminal acetylenes is 1. The van der Waals surface area contributed by atoms with Crippen LogP contribution in [0, 0.1) is 46.1 Å². The lowest BCUT2D eigenvalue weighted by Crippen LogP contribution is -2.28. The smallest absolute Gasteiger partial charge is 0.313 e. The molecule has 28 heavy (non-hydrogen) atoms. The Kier molecular flexibility index (Phi) is 4.40. The molecule has 8 nitrogen and oxygen atoms in total. The molecular formula is C19H14ClN3O5. The third kappa shape index (κ3) is 2.75. The Bertz CT molecular complexity index is 966. The summed E-state index contributed by atoms with van der Waals surface area (Å²) in [7, 11) is 0. The molecule has 0 spiro atoms. The average molecular weight is 400 g/mol.